The van der Waals surface area contributed by atoms with Gasteiger partial charge in [0.1, 0.15) is 5.01 Å². The van der Waals surface area contributed by atoms with Crippen LogP contribution in [0.3, 0.4) is 0 Å². The zero-order valence-electron chi connectivity index (χ0n) is 16.9. The van der Waals surface area contributed by atoms with Gasteiger partial charge < -0.3 is 4.57 Å². The van der Waals surface area contributed by atoms with Crippen LogP contribution in [-0.2, 0) is 18.7 Å². The van der Waals surface area contributed by atoms with E-state index in [0.29, 0.717) is 0 Å². The van der Waals surface area contributed by atoms with E-state index < -0.39 is 0 Å². The number of benzene rings is 1. The monoisotopic (exact) mass is 440 g/mol. The van der Waals surface area contributed by atoms with E-state index in [1.807, 2.05) is 0 Å². The lowest BCUT2D eigenvalue weighted by Gasteiger charge is -2.07. The molecule has 3 heterocycles. The molecule has 0 fully saturated rings. The summed E-state index contributed by atoms with van der Waals surface area (Å²) >= 11 is 5.22. The van der Waals surface area contributed by atoms with E-state index in [1.54, 1.807) is 34.4 Å². The summed E-state index contributed by atoms with van der Waals surface area (Å²) in [4.78, 5) is 6.23. The average molecular weight is 441 g/mol. The van der Waals surface area contributed by atoms with E-state index in [2.05, 4.69) is 76.6 Å². The summed E-state index contributed by atoms with van der Waals surface area (Å²) in [6, 6.07) is 10.7. The summed E-state index contributed by atoms with van der Waals surface area (Å²) < 4.78 is 2.25. The van der Waals surface area contributed by atoms with Gasteiger partial charge >= 0.3 is 0 Å². The minimum absolute atomic E-state index is 0.800. The van der Waals surface area contributed by atoms with Crippen LogP contribution >= 0.6 is 34.4 Å². The smallest absolute Gasteiger partial charge is 0.191 e. The lowest BCUT2D eigenvalue weighted by Crippen LogP contribution is -2.01. The molecule has 1 aromatic carbocycles. The van der Waals surface area contributed by atoms with Crippen LogP contribution in [-0.4, -0.2) is 19.7 Å². The lowest BCUT2D eigenvalue weighted by atomic mass is 10.1. The minimum Gasteiger partial charge on any atom is -0.302 e. The van der Waals surface area contributed by atoms with Crippen molar-refractivity contribution in [3.63, 3.8) is 0 Å². The third-order valence-electron chi connectivity index (χ3n) is 4.70. The van der Waals surface area contributed by atoms with Gasteiger partial charge in [0.05, 0.1) is 5.69 Å². The van der Waals surface area contributed by atoms with Crippen molar-refractivity contribution in [2.75, 3.05) is 0 Å². The number of aryl methyl sites for hydroxylation is 2. The van der Waals surface area contributed by atoms with Crippen LogP contribution in [0.4, 0.5) is 0 Å². The number of thiophene rings is 1. The molecule has 0 aliphatic carbocycles. The molecule has 0 unspecified atom stereocenters. The number of nitrogens with zero attached hydrogens (tertiary/aromatic N) is 4. The van der Waals surface area contributed by atoms with E-state index in [-0.39, 0.29) is 0 Å². The predicted octanol–water partition coefficient (Wildman–Crippen LogP) is 6.70. The highest BCUT2D eigenvalue weighted by Gasteiger charge is 2.16. The van der Waals surface area contributed by atoms with Gasteiger partial charge in [0, 0.05) is 39.1 Å². The summed E-state index contributed by atoms with van der Waals surface area (Å²) in [5.74, 6) is 1.78. The highest BCUT2D eigenvalue weighted by atomic mass is 32.2. The van der Waals surface area contributed by atoms with Crippen LogP contribution in [0.25, 0.3) is 22.0 Å². The zero-order valence-corrected chi connectivity index (χ0v) is 19.3. The molecule has 7 heteroatoms. The first-order valence-corrected chi connectivity index (χ1v) is 12.6. The maximum Gasteiger partial charge on any atom is 0.191 e. The molecule has 0 amide bonds. The summed E-state index contributed by atoms with van der Waals surface area (Å²) in [7, 11) is 0. The molecule has 0 aliphatic heterocycles. The fourth-order valence-corrected chi connectivity index (χ4v) is 5.85. The van der Waals surface area contributed by atoms with Crippen molar-refractivity contribution in [1.82, 2.24) is 19.7 Å². The van der Waals surface area contributed by atoms with Crippen LogP contribution in [0.2, 0.25) is 0 Å². The standard InChI is InChI=1S/C22H24N4S3/c1-4-10-26-20(16-11-18(5-2)27-12-16)24-25-22(26)29-14-17-13-28-21(23-17)19-9-7-6-8-15(19)3/h6-9,11-13H,4-5,10,14H2,1-3H3. The molecule has 0 spiro atoms. The first-order valence-electron chi connectivity index (χ1n) is 9.83. The molecule has 3 aromatic heterocycles. The molecule has 0 N–H and O–H groups in total. The molecule has 4 aromatic rings. The fourth-order valence-electron chi connectivity index (χ4n) is 3.17. The van der Waals surface area contributed by atoms with E-state index >= 15 is 0 Å². The van der Waals surface area contributed by atoms with Crippen molar-refractivity contribution >= 4 is 34.4 Å². The second kappa shape index (κ2) is 9.24. The van der Waals surface area contributed by atoms with Crippen LogP contribution in [0, 0.1) is 6.92 Å². The van der Waals surface area contributed by atoms with Crippen LogP contribution < -0.4 is 0 Å². The van der Waals surface area contributed by atoms with E-state index in [1.165, 1.54) is 21.6 Å². The zero-order chi connectivity index (χ0) is 20.2. The van der Waals surface area contributed by atoms with Crippen LogP contribution in [0.1, 0.15) is 36.4 Å². The number of hydrogen-bond donors (Lipinski definition) is 0. The molecular weight excluding hydrogens is 416 g/mol. The first kappa shape index (κ1) is 20.3. The van der Waals surface area contributed by atoms with Crippen molar-refractivity contribution in [3.05, 3.63) is 57.2 Å². The molecular formula is C22H24N4S3. The Morgan fingerprint density at radius 2 is 1.93 bits per heavy atom. The highest BCUT2D eigenvalue weighted by Crippen LogP contribution is 2.31. The quantitative estimate of drug-likeness (QED) is 0.286. The Labute approximate surface area is 184 Å². The van der Waals surface area contributed by atoms with Crippen molar-refractivity contribution in [1.29, 1.82) is 0 Å². The summed E-state index contributed by atoms with van der Waals surface area (Å²) in [5.41, 5.74) is 4.75. The maximum atomic E-state index is 4.85. The molecule has 150 valence electrons. The minimum atomic E-state index is 0.800. The molecule has 0 saturated heterocycles. The Hall–Kier alpha value is -1.96. The Morgan fingerprint density at radius 1 is 1.07 bits per heavy atom. The number of hydrogen-bond acceptors (Lipinski definition) is 6. The Balaban J connectivity index is 1.52. The van der Waals surface area contributed by atoms with Gasteiger partial charge in [0.25, 0.3) is 0 Å². The number of thiazole rings is 1. The van der Waals surface area contributed by atoms with Crippen molar-refractivity contribution in [2.24, 2.45) is 0 Å². The van der Waals surface area contributed by atoms with Crippen molar-refractivity contribution < 1.29 is 0 Å². The summed E-state index contributed by atoms with van der Waals surface area (Å²) in [5, 5.41) is 15.4. The Bertz CT molecular complexity index is 1090. The van der Waals surface area contributed by atoms with Gasteiger partial charge in [0.15, 0.2) is 11.0 Å². The van der Waals surface area contributed by atoms with Gasteiger partial charge in [-0.1, -0.05) is 49.9 Å². The van der Waals surface area contributed by atoms with Gasteiger partial charge in [-0.15, -0.1) is 32.9 Å². The van der Waals surface area contributed by atoms with Crippen LogP contribution in [0.5, 0.6) is 0 Å². The van der Waals surface area contributed by atoms with Gasteiger partial charge in [-0.25, -0.2) is 4.98 Å². The number of thioether (sulfide) groups is 1. The maximum absolute atomic E-state index is 4.85. The Kier molecular flexibility index (Phi) is 6.47. The average Bonchev–Trinajstić information content (AvgIpc) is 3.47. The Morgan fingerprint density at radius 3 is 2.69 bits per heavy atom. The SMILES string of the molecule is CCCn1c(SCc2csc(-c3ccccc3C)n2)nnc1-c1csc(CC)c1. The van der Waals surface area contributed by atoms with Crippen molar-refractivity contribution in [2.45, 2.75) is 51.1 Å². The molecule has 29 heavy (non-hydrogen) atoms. The van der Waals surface area contributed by atoms with E-state index in [9.17, 15) is 0 Å². The second-order valence-corrected chi connectivity index (χ2v) is 9.66. The predicted molar refractivity (Wildman–Crippen MR) is 125 cm³/mol. The third kappa shape index (κ3) is 4.47. The number of rotatable bonds is 8. The summed E-state index contributed by atoms with van der Waals surface area (Å²) in [6.45, 7) is 7.44. The largest absolute Gasteiger partial charge is 0.302 e. The fraction of sp³-hybridized carbons (Fsp3) is 0.318. The van der Waals surface area contributed by atoms with E-state index in [0.717, 1.165) is 46.8 Å². The molecule has 4 rings (SSSR count). The van der Waals surface area contributed by atoms with Gasteiger partial charge in [0.2, 0.25) is 0 Å². The van der Waals surface area contributed by atoms with Crippen LogP contribution in [0.15, 0.2) is 46.2 Å². The lowest BCUT2D eigenvalue weighted by molar-refractivity contribution is 0.626. The van der Waals surface area contributed by atoms with Gasteiger partial charge in [-0.3, -0.25) is 0 Å². The van der Waals surface area contributed by atoms with Crippen molar-refractivity contribution in [3.8, 4) is 22.0 Å². The molecule has 4 nitrogen and oxygen atoms in total. The third-order valence-corrected chi connectivity index (χ3v) is 7.71. The normalized spacial score (nSPS) is 11.3. The topological polar surface area (TPSA) is 43.6 Å². The molecule has 0 bridgehead atoms. The molecule has 0 radical (unpaired) electrons. The molecule has 0 atom stereocenters. The first-order chi connectivity index (χ1) is 14.2. The van der Waals surface area contributed by atoms with Gasteiger partial charge in [-0.05, 0) is 31.4 Å². The van der Waals surface area contributed by atoms with Gasteiger partial charge in [-0.2, -0.15) is 0 Å². The summed E-state index contributed by atoms with van der Waals surface area (Å²) in [6.07, 6.45) is 2.11. The van der Waals surface area contributed by atoms with E-state index in [4.69, 9.17) is 4.98 Å². The second-order valence-electron chi connectivity index (χ2n) is 6.86. The molecule has 0 saturated carbocycles. The number of aromatic nitrogens is 4. The molecule has 0 aliphatic rings. The highest BCUT2D eigenvalue weighted by molar-refractivity contribution is 7.98.